The Bertz CT molecular complexity index is 738. The highest BCUT2D eigenvalue weighted by Crippen LogP contribution is 2.27. The molecule has 2 heterocycles. The molecule has 2 aromatic rings. The maximum Gasteiger partial charge on any atom is 0.274 e. The van der Waals surface area contributed by atoms with E-state index in [0.717, 1.165) is 31.2 Å². The van der Waals surface area contributed by atoms with Crippen molar-refractivity contribution in [2.45, 2.75) is 51.0 Å². The van der Waals surface area contributed by atoms with Crippen LogP contribution in [0.5, 0.6) is 0 Å². The average Bonchev–Trinajstić information content (AvgIpc) is 3.24. The number of benzene rings is 1. The van der Waals surface area contributed by atoms with Gasteiger partial charge in [0.1, 0.15) is 11.9 Å². The molecule has 1 amide bonds. The summed E-state index contributed by atoms with van der Waals surface area (Å²) in [6.45, 7) is 0.729. The van der Waals surface area contributed by atoms with Gasteiger partial charge in [0, 0.05) is 6.04 Å². The molecule has 1 aromatic heterocycles. The molecule has 1 aromatic carbocycles. The van der Waals surface area contributed by atoms with Gasteiger partial charge in [-0.15, -0.1) is 5.10 Å². The molecule has 126 valence electrons. The maximum atomic E-state index is 13.0. The molecule has 7 heteroatoms. The van der Waals surface area contributed by atoms with Gasteiger partial charge in [-0.3, -0.25) is 4.79 Å². The smallest absolute Gasteiger partial charge is 0.274 e. The van der Waals surface area contributed by atoms with Crippen LogP contribution in [0, 0.1) is 5.82 Å². The first-order valence-corrected chi connectivity index (χ1v) is 8.31. The number of hydrogen-bond acceptors (Lipinski definition) is 4. The predicted octanol–water partition coefficient (Wildman–Crippen LogP) is 2.36. The Morgan fingerprint density at radius 3 is 2.75 bits per heavy atom. The van der Waals surface area contributed by atoms with Gasteiger partial charge in [0.2, 0.25) is 0 Å². The summed E-state index contributed by atoms with van der Waals surface area (Å²) in [5.74, 6) is -0.450. The molecule has 24 heavy (non-hydrogen) atoms. The molecule has 1 aliphatic carbocycles. The van der Waals surface area contributed by atoms with Crippen molar-refractivity contribution in [3.05, 3.63) is 47.0 Å². The van der Waals surface area contributed by atoms with Gasteiger partial charge in [0.05, 0.1) is 18.8 Å². The normalized spacial score (nSPS) is 20.8. The van der Waals surface area contributed by atoms with E-state index in [1.54, 1.807) is 16.8 Å². The Labute approximate surface area is 139 Å². The fraction of sp³-hybridized carbons (Fsp3) is 0.471. The number of nitrogens with one attached hydrogen (secondary N) is 1. The van der Waals surface area contributed by atoms with Crippen molar-refractivity contribution in [3.8, 4) is 0 Å². The third kappa shape index (κ3) is 2.91. The first-order chi connectivity index (χ1) is 11.7. The van der Waals surface area contributed by atoms with Crippen LogP contribution < -0.4 is 5.32 Å². The van der Waals surface area contributed by atoms with Crippen LogP contribution in [0.2, 0.25) is 0 Å². The van der Waals surface area contributed by atoms with Crippen LogP contribution in [0.25, 0.3) is 0 Å². The van der Waals surface area contributed by atoms with Crippen molar-refractivity contribution in [2.75, 3.05) is 0 Å². The Morgan fingerprint density at radius 2 is 2.00 bits per heavy atom. The highest BCUT2D eigenvalue weighted by atomic mass is 19.1. The molecule has 1 aliphatic heterocycles. The molecule has 0 bridgehead atoms. The number of carbonyl (C=O) groups excluding carboxylic acids is 1. The molecule has 1 saturated carbocycles. The van der Waals surface area contributed by atoms with Crippen LogP contribution in [0.3, 0.4) is 0 Å². The summed E-state index contributed by atoms with van der Waals surface area (Å²) in [6, 6.07) is 6.48. The number of hydrogen-bond donors (Lipinski definition) is 1. The third-order valence-corrected chi connectivity index (χ3v) is 4.74. The minimum absolute atomic E-state index is 0.174. The molecular weight excluding hydrogens is 311 g/mol. The van der Waals surface area contributed by atoms with Crippen LogP contribution in [0.1, 0.15) is 53.5 Å². The van der Waals surface area contributed by atoms with Gasteiger partial charge < -0.3 is 10.1 Å². The summed E-state index contributed by atoms with van der Waals surface area (Å²) in [7, 11) is 0. The largest absolute Gasteiger partial charge is 0.365 e. The second-order valence-corrected chi connectivity index (χ2v) is 6.37. The number of nitrogens with zero attached hydrogens (tertiary/aromatic N) is 3. The third-order valence-electron chi connectivity index (χ3n) is 4.74. The average molecular weight is 330 g/mol. The van der Waals surface area contributed by atoms with E-state index in [9.17, 15) is 9.18 Å². The van der Waals surface area contributed by atoms with Gasteiger partial charge in [-0.25, -0.2) is 9.07 Å². The second kappa shape index (κ2) is 6.32. The number of amides is 1. The minimum Gasteiger partial charge on any atom is -0.365 e. The van der Waals surface area contributed by atoms with E-state index in [1.807, 2.05) is 0 Å². The van der Waals surface area contributed by atoms with Crippen molar-refractivity contribution in [1.29, 1.82) is 0 Å². The monoisotopic (exact) mass is 330 g/mol. The lowest BCUT2D eigenvalue weighted by molar-refractivity contribution is -0.00181. The highest BCUT2D eigenvalue weighted by Gasteiger charge is 2.29. The van der Waals surface area contributed by atoms with Crippen LogP contribution in [0.15, 0.2) is 24.3 Å². The fourth-order valence-corrected chi connectivity index (χ4v) is 3.39. The molecule has 0 spiro atoms. The molecule has 1 N–H and O–H groups in total. The number of rotatable bonds is 3. The summed E-state index contributed by atoms with van der Waals surface area (Å²) >= 11 is 0. The van der Waals surface area contributed by atoms with Gasteiger partial charge >= 0.3 is 0 Å². The van der Waals surface area contributed by atoms with E-state index < -0.39 is 0 Å². The van der Waals surface area contributed by atoms with Crippen LogP contribution in [0.4, 0.5) is 4.39 Å². The van der Waals surface area contributed by atoms with E-state index >= 15 is 0 Å². The first kappa shape index (κ1) is 15.3. The summed E-state index contributed by atoms with van der Waals surface area (Å²) in [5, 5.41) is 11.2. The van der Waals surface area contributed by atoms with E-state index in [1.165, 1.54) is 12.1 Å². The summed E-state index contributed by atoms with van der Waals surface area (Å²) in [5.41, 5.74) is 1.93. The zero-order chi connectivity index (χ0) is 16.5. The van der Waals surface area contributed by atoms with Crippen molar-refractivity contribution in [3.63, 3.8) is 0 Å². The number of halogens is 1. The van der Waals surface area contributed by atoms with E-state index in [4.69, 9.17) is 4.74 Å². The second-order valence-electron chi connectivity index (χ2n) is 6.37. The lowest BCUT2D eigenvalue weighted by Gasteiger charge is -2.24. The van der Waals surface area contributed by atoms with Gasteiger partial charge in [-0.2, -0.15) is 0 Å². The van der Waals surface area contributed by atoms with E-state index in [-0.39, 0.29) is 30.5 Å². The standard InChI is InChI=1S/C17H19FN4O2/c18-12-7-5-11(6-8-12)15-9-22-14(10-24-15)16(20-21-22)17(23)19-13-3-1-2-4-13/h5-8,13,15H,1-4,9-10H2,(H,19,23)/t15-/m0/s1. The molecular formula is C17H19FN4O2. The highest BCUT2D eigenvalue weighted by molar-refractivity contribution is 5.93. The molecule has 1 fully saturated rings. The number of ether oxygens (including phenoxy) is 1. The Balaban J connectivity index is 1.48. The fourth-order valence-electron chi connectivity index (χ4n) is 3.39. The molecule has 6 nitrogen and oxygen atoms in total. The van der Waals surface area contributed by atoms with Crippen molar-refractivity contribution in [1.82, 2.24) is 20.3 Å². The molecule has 4 rings (SSSR count). The first-order valence-electron chi connectivity index (χ1n) is 8.31. The zero-order valence-corrected chi connectivity index (χ0v) is 13.2. The maximum absolute atomic E-state index is 13.0. The number of aromatic nitrogens is 3. The molecule has 0 unspecified atom stereocenters. The Kier molecular flexibility index (Phi) is 4.02. The van der Waals surface area contributed by atoms with Crippen LogP contribution in [-0.4, -0.2) is 26.9 Å². The molecule has 2 aliphatic rings. The molecule has 0 radical (unpaired) electrons. The van der Waals surface area contributed by atoms with E-state index in [2.05, 4.69) is 15.6 Å². The van der Waals surface area contributed by atoms with Gasteiger partial charge in [0.25, 0.3) is 5.91 Å². The van der Waals surface area contributed by atoms with Crippen molar-refractivity contribution >= 4 is 5.91 Å². The lowest BCUT2D eigenvalue weighted by atomic mass is 10.1. The van der Waals surface area contributed by atoms with Crippen LogP contribution in [-0.2, 0) is 17.9 Å². The van der Waals surface area contributed by atoms with Crippen molar-refractivity contribution < 1.29 is 13.9 Å². The molecule has 0 saturated heterocycles. The van der Waals surface area contributed by atoms with Gasteiger partial charge in [0.15, 0.2) is 5.69 Å². The van der Waals surface area contributed by atoms with E-state index in [0.29, 0.717) is 17.9 Å². The minimum atomic E-state index is -0.276. The number of fused-ring (bicyclic) bond motifs is 1. The topological polar surface area (TPSA) is 69.0 Å². The number of carbonyl (C=O) groups is 1. The molecule has 1 atom stereocenters. The SMILES string of the molecule is O=C(NC1CCCC1)c1nnn2c1CO[C@H](c1ccc(F)cc1)C2. The lowest BCUT2D eigenvalue weighted by Crippen LogP contribution is -2.34. The predicted molar refractivity (Wildman–Crippen MR) is 83.7 cm³/mol. The van der Waals surface area contributed by atoms with Gasteiger partial charge in [-0.1, -0.05) is 30.2 Å². The Morgan fingerprint density at radius 1 is 1.25 bits per heavy atom. The quantitative estimate of drug-likeness (QED) is 0.938. The van der Waals surface area contributed by atoms with Crippen molar-refractivity contribution in [2.24, 2.45) is 0 Å². The summed E-state index contributed by atoms with van der Waals surface area (Å²) < 4.78 is 20.6. The van der Waals surface area contributed by atoms with Gasteiger partial charge in [-0.05, 0) is 30.5 Å². The zero-order valence-electron chi connectivity index (χ0n) is 13.2. The van der Waals surface area contributed by atoms with Crippen LogP contribution >= 0.6 is 0 Å². The Hall–Kier alpha value is -2.28. The summed E-state index contributed by atoms with van der Waals surface area (Å²) in [4.78, 5) is 12.4. The summed E-state index contributed by atoms with van der Waals surface area (Å²) in [6.07, 6.45) is 4.15.